The zero-order valence-corrected chi connectivity index (χ0v) is 11.1. The van der Waals surface area contributed by atoms with Crippen LogP contribution in [0.4, 0.5) is 0 Å². The van der Waals surface area contributed by atoms with Crippen LogP contribution in [0.3, 0.4) is 0 Å². The summed E-state index contributed by atoms with van der Waals surface area (Å²) in [4.78, 5) is 0. The molecule has 1 atom stereocenters. The van der Waals surface area contributed by atoms with Crippen LogP contribution in [0.25, 0.3) is 11.1 Å². The lowest BCUT2D eigenvalue weighted by atomic mass is 10.1. The highest BCUT2D eigenvalue weighted by molar-refractivity contribution is 7.93. The molecule has 1 aliphatic rings. The predicted octanol–water partition coefficient (Wildman–Crippen LogP) is 3.11. The molecule has 0 amide bonds. The molecule has 0 saturated carbocycles. The summed E-state index contributed by atoms with van der Waals surface area (Å²) < 4.78 is 13.7. The second-order valence-corrected chi connectivity index (χ2v) is 4.75. The van der Waals surface area contributed by atoms with Crippen LogP contribution in [0.2, 0.25) is 0 Å². The van der Waals surface area contributed by atoms with Gasteiger partial charge in [-0.25, -0.2) is 0 Å². The molecule has 0 aliphatic carbocycles. The van der Waals surface area contributed by atoms with Crippen molar-refractivity contribution >= 4 is 17.7 Å². The minimum absolute atomic E-state index is 1.11. The SMILES string of the molecule is [O-][S+]1C=CNC=N1.c1ccc(-c2ccccc2)cc1. The Morgan fingerprint density at radius 3 is 1.68 bits per heavy atom. The summed E-state index contributed by atoms with van der Waals surface area (Å²) in [6.07, 6.45) is 2.99. The van der Waals surface area contributed by atoms with E-state index in [0.717, 1.165) is 0 Å². The molecule has 4 heteroatoms. The van der Waals surface area contributed by atoms with E-state index >= 15 is 0 Å². The molecule has 0 aromatic heterocycles. The number of nitrogens with zero attached hydrogens (tertiary/aromatic N) is 1. The predicted molar refractivity (Wildman–Crippen MR) is 80.8 cm³/mol. The standard InChI is InChI=1S/C12H10.C3H4N2OS/c1-3-7-11(8-4-1)12-9-5-2-6-10-12;6-7-2-1-4-3-5-7/h1-10H;1-3H,(H,4,5). The molecular formula is C15H14N2OS. The first kappa shape index (κ1) is 13.4. The highest BCUT2D eigenvalue weighted by Crippen LogP contribution is 2.17. The van der Waals surface area contributed by atoms with Crippen LogP contribution < -0.4 is 5.32 Å². The summed E-state index contributed by atoms with van der Waals surface area (Å²) in [5.74, 6) is 0. The Morgan fingerprint density at radius 2 is 1.37 bits per heavy atom. The van der Waals surface area contributed by atoms with E-state index in [0.29, 0.717) is 0 Å². The van der Waals surface area contributed by atoms with Crippen molar-refractivity contribution in [3.8, 4) is 11.1 Å². The molecule has 19 heavy (non-hydrogen) atoms. The quantitative estimate of drug-likeness (QED) is 0.809. The Balaban J connectivity index is 0.000000163. The van der Waals surface area contributed by atoms with Gasteiger partial charge in [-0.1, -0.05) is 60.7 Å². The summed E-state index contributed by atoms with van der Waals surface area (Å²) in [7, 11) is 0. The number of rotatable bonds is 1. The molecule has 1 heterocycles. The fraction of sp³-hybridized carbons (Fsp3) is 0. The van der Waals surface area contributed by atoms with E-state index in [1.165, 1.54) is 22.9 Å². The highest BCUT2D eigenvalue weighted by atomic mass is 32.2. The first-order chi connectivity index (χ1) is 9.36. The molecule has 2 aromatic carbocycles. The smallest absolute Gasteiger partial charge is 0.163 e. The van der Waals surface area contributed by atoms with Gasteiger partial charge in [0.15, 0.2) is 5.41 Å². The van der Waals surface area contributed by atoms with Crippen molar-refractivity contribution in [1.82, 2.24) is 5.32 Å². The number of nitrogens with one attached hydrogen (secondary N) is 1. The van der Waals surface area contributed by atoms with Gasteiger partial charge in [0.25, 0.3) is 0 Å². The van der Waals surface area contributed by atoms with E-state index in [2.05, 4.69) is 58.2 Å². The molecule has 1 unspecified atom stereocenters. The molecule has 0 radical (unpaired) electrons. The van der Waals surface area contributed by atoms with Gasteiger partial charge in [-0.2, -0.15) is 0 Å². The summed E-state index contributed by atoms with van der Waals surface area (Å²) in [5, 5.41) is 4.12. The Kier molecular flexibility index (Phi) is 5.22. The summed E-state index contributed by atoms with van der Waals surface area (Å²) in [5.41, 5.74) is 2.55. The van der Waals surface area contributed by atoms with Crippen molar-refractivity contribution in [2.45, 2.75) is 0 Å². The van der Waals surface area contributed by atoms with Gasteiger partial charge in [0.05, 0.1) is 6.20 Å². The zero-order valence-electron chi connectivity index (χ0n) is 10.3. The number of hydrogen-bond donors (Lipinski definition) is 1. The second kappa shape index (κ2) is 7.41. The van der Waals surface area contributed by atoms with Gasteiger partial charge in [-0.05, 0) is 15.5 Å². The van der Waals surface area contributed by atoms with Crippen LogP contribution >= 0.6 is 0 Å². The summed E-state index contributed by atoms with van der Waals surface area (Å²) in [6, 6.07) is 20.8. The second-order valence-electron chi connectivity index (χ2n) is 3.71. The summed E-state index contributed by atoms with van der Waals surface area (Å²) >= 11 is -1.11. The highest BCUT2D eigenvalue weighted by Gasteiger charge is 1.96. The van der Waals surface area contributed by atoms with Gasteiger partial charge in [0.2, 0.25) is 0 Å². The van der Waals surface area contributed by atoms with Crippen molar-refractivity contribution in [2.75, 3.05) is 0 Å². The van der Waals surface area contributed by atoms with Gasteiger partial charge in [-0.15, -0.1) is 0 Å². The Hall–Kier alpha value is -2.04. The van der Waals surface area contributed by atoms with Gasteiger partial charge in [0.1, 0.15) is 17.7 Å². The molecule has 96 valence electrons. The van der Waals surface area contributed by atoms with Crippen molar-refractivity contribution < 1.29 is 4.55 Å². The molecule has 0 bridgehead atoms. The topological polar surface area (TPSA) is 47.4 Å². The molecule has 1 N–H and O–H groups in total. The fourth-order valence-electron chi connectivity index (χ4n) is 1.52. The Morgan fingerprint density at radius 1 is 0.842 bits per heavy atom. The minimum Gasteiger partial charge on any atom is -0.586 e. The molecule has 3 rings (SSSR count). The monoisotopic (exact) mass is 270 g/mol. The average Bonchev–Trinajstić information content (AvgIpc) is 2.51. The fourth-order valence-corrected chi connectivity index (χ4v) is 1.95. The van der Waals surface area contributed by atoms with Crippen LogP contribution in [0, 0.1) is 0 Å². The summed E-state index contributed by atoms with van der Waals surface area (Å²) in [6.45, 7) is 0. The molecule has 2 aromatic rings. The number of benzene rings is 2. The van der Waals surface area contributed by atoms with E-state index in [-0.39, 0.29) is 0 Å². The van der Waals surface area contributed by atoms with E-state index in [1.807, 2.05) is 12.1 Å². The van der Waals surface area contributed by atoms with Crippen molar-refractivity contribution in [3.05, 3.63) is 72.3 Å². The van der Waals surface area contributed by atoms with Crippen LogP contribution in [0.1, 0.15) is 0 Å². The van der Waals surface area contributed by atoms with E-state index < -0.39 is 11.4 Å². The van der Waals surface area contributed by atoms with E-state index in [9.17, 15) is 4.55 Å². The zero-order chi connectivity index (χ0) is 13.3. The maximum absolute atomic E-state index is 10.2. The first-order valence-corrected chi connectivity index (χ1v) is 7.00. The Labute approximate surface area is 116 Å². The lowest BCUT2D eigenvalue weighted by Crippen LogP contribution is -2.08. The van der Waals surface area contributed by atoms with Crippen molar-refractivity contribution in [2.24, 2.45) is 4.40 Å². The lowest BCUT2D eigenvalue weighted by molar-refractivity contribution is 0.605. The normalized spacial score (nSPS) is 16.2. The maximum atomic E-state index is 10.2. The molecule has 0 fully saturated rings. The van der Waals surface area contributed by atoms with Crippen LogP contribution in [0.5, 0.6) is 0 Å². The minimum atomic E-state index is -1.11. The van der Waals surface area contributed by atoms with Gasteiger partial charge >= 0.3 is 0 Å². The van der Waals surface area contributed by atoms with E-state index in [1.54, 1.807) is 6.20 Å². The number of hydrogen-bond acceptors (Lipinski definition) is 3. The van der Waals surface area contributed by atoms with Crippen molar-refractivity contribution in [3.63, 3.8) is 0 Å². The van der Waals surface area contributed by atoms with Gasteiger partial charge in [0, 0.05) is 0 Å². The third-order valence-corrected chi connectivity index (χ3v) is 3.07. The molecule has 3 nitrogen and oxygen atoms in total. The molecule has 0 spiro atoms. The van der Waals surface area contributed by atoms with Crippen molar-refractivity contribution in [1.29, 1.82) is 0 Å². The first-order valence-electron chi connectivity index (χ1n) is 5.83. The van der Waals surface area contributed by atoms with Gasteiger partial charge < -0.3 is 9.87 Å². The lowest BCUT2D eigenvalue weighted by Gasteiger charge is -1.98. The average molecular weight is 270 g/mol. The third kappa shape index (κ3) is 4.62. The maximum Gasteiger partial charge on any atom is 0.163 e. The van der Waals surface area contributed by atoms with Crippen LogP contribution in [-0.2, 0) is 11.4 Å². The molecule has 1 aliphatic heterocycles. The van der Waals surface area contributed by atoms with Crippen LogP contribution in [0.15, 0.2) is 76.7 Å². The largest absolute Gasteiger partial charge is 0.586 e. The third-order valence-electron chi connectivity index (χ3n) is 2.39. The van der Waals surface area contributed by atoms with E-state index in [4.69, 9.17) is 0 Å². The van der Waals surface area contributed by atoms with Gasteiger partial charge in [-0.3, -0.25) is 0 Å². The Bertz CT molecular complexity index is 491. The van der Waals surface area contributed by atoms with Crippen LogP contribution in [-0.4, -0.2) is 10.9 Å². The molecule has 0 saturated heterocycles. The molecular weight excluding hydrogens is 256 g/mol.